The molecule has 8 nitrogen and oxygen atoms in total. The van der Waals surface area contributed by atoms with Crippen molar-refractivity contribution in [3.8, 4) is 28.4 Å². The lowest BCUT2D eigenvalue weighted by Gasteiger charge is -2.28. The molecule has 1 saturated heterocycles. The van der Waals surface area contributed by atoms with Gasteiger partial charge in [-0.3, -0.25) is 4.98 Å². The number of aliphatic hydroxyl groups is 1. The van der Waals surface area contributed by atoms with Crippen molar-refractivity contribution >= 4 is 17.4 Å². The van der Waals surface area contributed by atoms with Gasteiger partial charge >= 0.3 is 0 Å². The lowest BCUT2D eigenvalue weighted by Crippen LogP contribution is -2.36. The van der Waals surface area contributed by atoms with E-state index in [0.29, 0.717) is 36.4 Å². The largest absolute Gasteiger partial charge is 0.491 e. The highest BCUT2D eigenvalue weighted by Crippen LogP contribution is 2.30. The Morgan fingerprint density at radius 3 is 2.66 bits per heavy atom. The van der Waals surface area contributed by atoms with Crippen LogP contribution in [-0.2, 0) is 4.74 Å². The van der Waals surface area contributed by atoms with Crippen molar-refractivity contribution in [2.45, 2.75) is 6.10 Å². The van der Waals surface area contributed by atoms with E-state index in [-0.39, 0.29) is 6.61 Å². The predicted molar refractivity (Wildman–Crippen MR) is 124 cm³/mol. The van der Waals surface area contributed by atoms with E-state index in [1.165, 1.54) is 0 Å². The van der Waals surface area contributed by atoms with Crippen LogP contribution in [0.25, 0.3) is 22.6 Å². The summed E-state index contributed by atoms with van der Waals surface area (Å²) in [5.41, 5.74) is 2.48. The topological polar surface area (TPSA) is 92.6 Å². The van der Waals surface area contributed by atoms with Crippen LogP contribution in [0.1, 0.15) is 0 Å². The number of nitrogens with one attached hydrogen (secondary N) is 1. The Morgan fingerprint density at radius 2 is 1.91 bits per heavy atom. The summed E-state index contributed by atoms with van der Waals surface area (Å²) < 4.78 is 11.3. The number of benzene rings is 1. The molecule has 2 N–H and O–H groups in total. The van der Waals surface area contributed by atoms with Gasteiger partial charge in [0.25, 0.3) is 0 Å². The number of anilines is 1. The van der Waals surface area contributed by atoms with Crippen molar-refractivity contribution in [3.05, 3.63) is 53.8 Å². The van der Waals surface area contributed by atoms with E-state index < -0.39 is 6.10 Å². The summed E-state index contributed by atoms with van der Waals surface area (Å²) in [7, 11) is 1.78. The van der Waals surface area contributed by atoms with E-state index >= 15 is 0 Å². The molecule has 1 fully saturated rings. The maximum atomic E-state index is 9.94. The van der Waals surface area contributed by atoms with Gasteiger partial charge in [-0.05, 0) is 37.4 Å². The zero-order valence-corrected chi connectivity index (χ0v) is 18.6. The molecule has 0 aliphatic carbocycles. The molecule has 1 aliphatic heterocycles. The third kappa shape index (κ3) is 5.72. The first kappa shape index (κ1) is 22.4. The molecule has 1 aromatic carbocycles. The summed E-state index contributed by atoms with van der Waals surface area (Å²) in [6.45, 7) is 3.44. The van der Waals surface area contributed by atoms with Gasteiger partial charge in [0.05, 0.1) is 18.9 Å². The summed E-state index contributed by atoms with van der Waals surface area (Å²) in [6.07, 6.45) is 2.86. The molecule has 168 valence electrons. The first-order valence-electron chi connectivity index (χ1n) is 10.5. The Labute approximate surface area is 192 Å². The fraction of sp³-hybridized carbons (Fsp3) is 0.348. The standard InChI is InChI=1S/C23H26ClN5O3/c1-25-14-19(30)15-32-20-11-17(10-18(24)12-20)23-27-21(16-2-4-26-5-3-16)13-22(28-23)29-6-8-31-9-7-29/h2-5,10-13,19,25,30H,6-9,14-15H2,1H3. The Bertz CT molecular complexity index is 1030. The first-order valence-corrected chi connectivity index (χ1v) is 10.9. The van der Waals surface area contributed by atoms with Crippen LogP contribution in [0.15, 0.2) is 48.8 Å². The number of halogens is 1. The van der Waals surface area contributed by atoms with Crippen LogP contribution in [-0.4, -0.2) is 72.7 Å². The average Bonchev–Trinajstić information content (AvgIpc) is 2.83. The second kappa shape index (κ2) is 10.7. The van der Waals surface area contributed by atoms with Crippen LogP contribution < -0.4 is 15.0 Å². The average molecular weight is 456 g/mol. The van der Waals surface area contributed by atoms with Crippen molar-refractivity contribution in [2.24, 2.45) is 0 Å². The normalized spacial score (nSPS) is 14.9. The smallest absolute Gasteiger partial charge is 0.162 e. The molecule has 0 saturated carbocycles. The molecule has 0 radical (unpaired) electrons. The number of aromatic nitrogens is 3. The van der Waals surface area contributed by atoms with Crippen LogP contribution >= 0.6 is 11.6 Å². The Hall–Kier alpha value is -2.78. The third-order valence-electron chi connectivity index (χ3n) is 5.04. The molecule has 0 spiro atoms. The minimum Gasteiger partial charge on any atom is -0.491 e. The van der Waals surface area contributed by atoms with E-state index in [0.717, 1.165) is 35.7 Å². The van der Waals surface area contributed by atoms with E-state index in [1.807, 2.05) is 30.3 Å². The minimum absolute atomic E-state index is 0.150. The quantitative estimate of drug-likeness (QED) is 0.535. The number of hydrogen-bond donors (Lipinski definition) is 2. The third-order valence-corrected chi connectivity index (χ3v) is 5.25. The molecule has 1 atom stereocenters. The Kier molecular flexibility index (Phi) is 7.49. The molecule has 9 heteroatoms. The van der Waals surface area contributed by atoms with Gasteiger partial charge in [0, 0.05) is 54.2 Å². The van der Waals surface area contributed by atoms with Gasteiger partial charge in [0.2, 0.25) is 0 Å². The van der Waals surface area contributed by atoms with Gasteiger partial charge in [-0.25, -0.2) is 9.97 Å². The van der Waals surface area contributed by atoms with Gasteiger partial charge in [0.15, 0.2) is 5.82 Å². The van der Waals surface area contributed by atoms with Crippen molar-refractivity contribution in [1.29, 1.82) is 0 Å². The molecule has 0 amide bonds. The highest BCUT2D eigenvalue weighted by Gasteiger charge is 2.17. The second-order valence-electron chi connectivity index (χ2n) is 7.47. The van der Waals surface area contributed by atoms with Crippen LogP contribution in [0.5, 0.6) is 5.75 Å². The van der Waals surface area contributed by atoms with Crippen LogP contribution in [0.4, 0.5) is 5.82 Å². The molecule has 1 aliphatic rings. The molecule has 3 heterocycles. The van der Waals surface area contributed by atoms with Crippen molar-refractivity contribution in [2.75, 3.05) is 51.4 Å². The number of rotatable bonds is 8. The van der Waals surface area contributed by atoms with Crippen molar-refractivity contribution in [1.82, 2.24) is 20.3 Å². The molecule has 32 heavy (non-hydrogen) atoms. The lowest BCUT2D eigenvalue weighted by molar-refractivity contribution is 0.108. The number of morpholine rings is 1. The zero-order valence-electron chi connectivity index (χ0n) is 17.9. The number of hydrogen-bond acceptors (Lipinski definition) is 8. The lowest BCUT2D eigenvalue weighted by atomic mass is 10.1. The van der Waals surface area contributed by atoms with E-state index in [2.05, 4.69) is 15.2 Å². The molecule has 0 bridgehead atoms. The van der Waals surface area contributed by atoms with Crippen LogP contribution in [0, 0.1) is 0 Å². The maximum Gasteiger partial charge on any atom is 0.162 e. The maximum absolute atomic E-state index is 9.94. The van der Waals surface area contributed by atoms with Crippen LogP contribution in [0.3, 0.4) is 0 Å². The number of likely N-dealkylation sites (N-methyl/N-ethyl adjacent to an activating group) is 1. The van der Waals surface area contributed by atoms with Crippen molar-refractivity contribution < 1.29 is 14.6 Å². The van der Waals surface area contributed by atoms with E-state index in [1.54, 1.807) is 25.5 Å². The number of ether oxygens (including phenoxy) is 2. The summed E-state index contributed by atoms with van der Waals surface area (Å²) >= 11 is 6.38. The molecule has 3 aromatic rings. The van der Waals surface area contributed by atoms with Gasteiger partial charge < -0.3 is 24.8 Å². The van der Waals surface area contributed by atoms with Crippen molar-refractivity contribution in [3.63, 3.8) is 0 Å². The zero-order chi connectivity index (χ0) is 22.3. The van der Waals surface area contributed by atoms with Crippen LogP contribution in [0.2, 0.25) is 5.02 Å². The fourth-order valence-corrected chi connectivity index (χ4v) is 3.68. The molecule has 4 rings (SSSR count). The minimum atomic E-state index is -0.623. The van der Waals surface area contributed by atoms with Gasteiger partial charge in [-0.15, -0.1) is 0 Å². The fourth-order valence-electron chi connectivity index (χ4n) is 3.45. The SMILES string of the molecule is CNCC(O)COc1cc(Cl)cc(-c2nc(-c3ccncc3)cc(N3CCOCC3)n2)c1. The Balaban J connectivity index is 1.70. The van der Waals surface area contributed by atoms with Gasteiger partial charge in [-0.2, -0.15) is 0 Å². The molecule has 1 unspecified atom stereocenters. The molecule has 2 aromatic heterocycles. The number of pyridine rings is 1. The van der Waals surface area contributed by atoms with Gasteiger partial charge in [-0.1, -0.05) is 11.6 Å². The summed E-state index contributed by atoms with van der Waals surface area (Å²) in [4.78, 5) is 15.9. The highest BCUT2D eigenvalue weighted by molar-refractivity contribution is 6.31. The number of aliphatic hydroxyl groups excluding tert-OH is 1. The van der Waals surface area contributed by atoms with Gasteiger partial charge in [0.1, 0.15) is 24.3 Å². The predicted octanol–water partition coefficient (Wildman–Crippen LogP) is 2.65. The highest BCUT2D eigenvalue weighted by atomic mass is 35.5. The monoisotopic (exact) mass is 455 g/mol. The van der Waals surface area contributed by atoms with E-state index in [9.17, 15) is 5.11 Å². The van der Waals surface area contributed by atoms with E-state index in [4.69, 9.17) is 31.0 Å². The number of nitrogens with zero attached hydrogens (tertiary/aromatic N) is 4. The first-order chi connectivity index (χ1) is 15.6. The summed E-state index contributed by atoms with van der Waals surface area (Å²) in [6, 6.07) is 11.2. The Morgan fingerprint density at radius 1 is 1.12 bits per heavy atom. The molecular weight excluding hydrogens is 430 g/mol. The summed E-state index contributed by atoms with van der Waals surface area (Å²) in [5.74, 6) is 1.93. The molecular formula is C23H26ClN5O3. The second-order valence-corrected chi connectivity index (χ2v) is 7.90. The summed E-state index contributed by atoms with van der Waals surface area (Å²) in [5, 5.41) is 13.4.